The van der Waals surface area contributed by atoms with E-state index in [1.165, 1.54) is 71.9 Å². The summed E-state index contributed by atoms with van der Waals surface area (Å²) in [4.78, 5) is 0. The van der Waals surface area contributed by atoms with Crippen LogP contribution in [0.5, 0.6) is 5.75 Å². The molecule has 40 heavy (non-hydrogen) atoms. The second-order valence-corrected chi connectivity index (χ2v) is 12.1. The molecule has 1 nitrogen and oxygen atoms in total. The van der Waals surface area contributed by atoms with Crippen LogP contribution in [-0.4, -0.2) is 6.61 Å². The lowest BCUT2D eigenvalue weighted by atomic mass is 9.79. The molecule has 0 N–H and O–H groups in total. The molecule has 216 valence electrons. The zero-order chi connectivity index (χ0) is 28.6. The van der Waals surface area contributed by atoms with Crippen LogP contribution >= 0.6 is 0 Å². The zero-order valence-corrected chi connectivity index (χ0v) is 25.9. The van der Waals surface area contributed by atoms with Gasteiger partial charge in [-0.3, -0.25) is 0 Å². The second kappa shape index (κ2) is 14.3. The third-order valence-corrected chi connectivity index (χ3v) is 9.52. The Hall–Kier alpha value is -2.61. The van der Waals surface area contributed by atoms with Gasteiger partial charge < -0.3 is 4.74 Å². The highest BCUT2D eigenvalue weighted by atomic mass is 19.1. The Bertz CT molecular complexity index is 1220. The molecule has 0 saturated heterocycles. The van der Waals surface area contributed by atoms with E-state index in [1.807, 2.05) is 6.07 Å². The van der Waals surface area contributed by atoms with E-state index < -0.39 is 0 Å². The van der Waals surface area contributed by atoms with Crippen LogP contribution in [0.4, 0.5) is 4.39 Å². The molecule has 2 heteroatoms. The Labute approximate surface area is 243 Å². The van der Waals surface area contributed by atoms with Crippen LogP contribution in [0.15, 0.2) is 48.5 Å². The maximum absolute atomic E-state index is 15.5. The van der Waals surface area contributed by atoms with Crippen molar-refractivity contribution in [1.29, 1.82) is 0 Å². The predicted molar refractivity (Wildman–Crippen MR) is 170 cm³/mol. The van der Waals surface area contributed by atoms with Crippen molar-refractivity contribution >= 4 is 0 Å². The summed E-state index contributed by atoms with van der Waals surface area (Å²) in [6.07, 6.45) is 11.2. The molecule has 0 aromatic heterocycles. The van der Waals surface area contributed by atoms with Gasteiger partial charge >= 0.3 is 0 Å². The number of halogens is 1. The van der Waals surface area contributed by atoms with Gasteiger partial charge in [0.2, 0.25) is 0 Å². The molecule has 3 aromatic rings. The number of ether oxygens (including phenoxy) is 1. The fourth-order valence-corrected chi connectivity index (χ4v) is 6.59. The van der Waals surface area contributed by atoms with Gasteiger partial charge in [0.05, 0.1) is 6.61 Å². The summed E-state index contributed by atoms with van der Waals surface area (Å²) >= 11 is 0. The smallest absolute Gasteiger partial charge is 0.131 e. The van der Waals surface area contributed by atoms with E-state index in [0.29, 0.717) is 11.5 Å². The van der Waals surface area contributed by atoms with Gasteiger partial charge in [-0.15, -0.1) is 0 Å². The number of aryl methyl sites for hydroxylation is 3. The average molecular weight is 543 g/mol. The van der Waals surface area contributed by atoms with Gasteiger partial charge in [0.15, 0.2) is 0 Å². The van der Waals surface area contributed by atoms with Gasteiger partial charge in [0.25, 0.3) is 0 Å². The molecule has 1 aliphatic carbocycles. The van der Waals surface area contributed by atoms with Crippen molar-refractivity contribution in [2.75, 3.05) is 6.61 Å². The molecule has 3 aromatic carbocycles. The van der Waals surface area contributed by atoms with Crippen molar-refractivity contribution in [3.05, 3.63) is 76.6 Å². The summed E-state index contributed by atoms with van der Waals surface area (Å²) in [6.45, 7) is 14.3. The molecule has 0 bridgehead atoms. The summed E-state index contributed by atoms with van der Waals surface area (Å²) in [5, 5.41) is 0. The van der Waals surface area contributed by atoms with Gasteiger partial charge in [-0.25, -0.2) is 4.39 Å². The third-order valence-electron chi connectivity index (χ3n) is 9.52. The van der Waals surface area contributed by atoms with E-state index in [1.54, 1.807) is 6.07 Å². The van der Waals surface area contributed by atoms with Gasteiger partial charge in [-0.05, 0) is 113 Å². The third kappa shape index (κ3) is 6.99. The van der Waals surface area contributed by atoms with E-state index in [4.69, 9.17) is 4.74 Å². The lowest BCUT2D eigenvalue weighted by Gasteiger charge is -2.26. The number of rotatable bonds is 12. The topological polar surface area (TPSA) is 9.23 Å². The largest absolute Gasteiger partial charge is 0.493 e. The molecule has 0 radical (unpaired) electrons. The fourth-order valence-electron chi connectivity index (χ4n) is 6.59. The molecule has 0 amide bonds. The van der Waals surface area contributed by atoms with Crippen molar-refractivity contribution < 1.29 is 9.13 Å². The van der Waals surface area contributed by atoms with E-state index in [-0.39, 0.29) is 5.82 Å². The van der Waals surface area contributed by atoms with Gasteiger partial charge in [0.1, 0.15) is 11.6 Å². The predicted octanol–water partition coefficient (Wildman–Crippen LogP) is 11.3. The minimum absolute atomic E-state index is 0.0950. The van der Waals surface area contributed by atoms with Crippen LogP contribution in [0.3, 0.4) is 0 Å². The maximum atomic E-state index is 15.5. The molecule has 1 fully saturated rings. The minimum Gasteiger partial charge on any atom is -0.493 e. The Kier molecular flexibility index (Phi) is 10.9. The summed E-state index contributed by atoms with van der Waals surface area (Å²) < 4.78 is 21.9. The van der Waals surface area contributed by atoms with Crippen LogP contribution < -0.4 is 4.74 Å². The number of hydrogen-bond donors (Lipinski definition) is 0. The first-order valence-corrected chi connectivity index (χ1v) is 16.1. The summed E-state index contributed by atoms with van der Waals surface area (Å²) in [5.41, 5.74) is 9.15. The maximum Gasteiger partial charge on any atom is 0.131 e. The lowest BCUT2D eigenvalue weighted by molar-refractivity contribution is 0.268. The monoisotopic (exact) mass is 542 g/mol. The Morgan fingerprint density at radius 2 is 1.32 bits per heavy atom. The molecular weight excluding hydrogens is 491 g/mol. The zero-order valence-electron chi connectivity index (χ0n) is 25.9. The van der Waals surface area contributed by atoms with E-state index in [0.717, 1.165) is 55.4 Å². The molecule has 0 atom stereocenters. The van der Waals surface area contributed by atoms with Crippen molar-refractivity contribution in [1.82, 2.24) is 0 Å². The molecule has 0 unspecified atom stereocenters. The van der Waals surface area contributed by atoms with Crippen LogP contribution in [0.2, 0.25) is 0 Å². The van der Waals surface area contributed by atoms with E-state index in [9.17, 15) is 0 Å². The first-order valence-electron chi connectivity index (χ1n) is 16.1. The standard InChI is InChI=1S/C38H51FO/c1-7-27(8-2)20-21-40-38-29(10-4)23-34(24-30(38)11-5)35-18-17-33(22-28(35)9-3)36-19-16-32(25-37(36)39)31-14-12-26(6)13-15-31/h16-19,22-27,31H,7-15,20-21H2,1-6H3. The first kappa shape index (κ1) is 30.4. The normalized spacial score (nSPS) is 17.4. The van der Waals surface area contributed by atoms with E-state index >= 15 is 4.39 Å². The molecule has 1 saturated carbocycles. The van der Waals surface area contributed by atoms with Gasteiger partial charge in [-0.1, -0.05) is 97.6 Å². The number of benzene rings is 3. The van der Waals surface area contributed by atoms with Gasteiger partial charge in [0, 0.05) is 5.56 Å². The molecular formula is C38H51FO. The van der Waals surface area contributed by atoms with Crippen molar-refractivity contribution in [2.24, 2.45) is 11.8 Å². The van der Waals surface area contributed by atoms with Crippen molar-refractivity contribution in [3.63, 3.8) is 0 Å². The first-order chi connectivity index (χ1) is 19.4. The number of hydrogen-bond acceptors (Lipinski definition) is 1. The Morgan fingerprint density at radius 1 is 0.725 bits per heavy atom. The highest BCUT2D eigenvalue weighted by Crippen LogP contribution is 2.39. The van der Waals surface area contributed by atoms with Crippen LogP contribution in [0.1, 0.15) is 115 Å². The second-order valence-electron chi connectivity index (χ2n) is 12.1. The Morgan fingerprint density at radius 3 is 1.90 bits per heavy atom. The SMILES string of the molecule is CCc1cc(-c2ccc(C3CCC(C)CC3)cc2F)ccc1-c1cc(CC)c(OCCC(CC)CC)c(CC)c1. The van der Waals surface area contributed by atoms with Crippen molar-refractivity contribution in [3.8, 4) is 28.0 Å². The molecule has 0 spiro atoms. The highest BCUT2D eigenvalue weighted by Gasteiger charge is 2.21. The molecule has 4 rings (SSSR count). The van der Waals surface area contributed by atoms with Crippen LogP contribution in [0, 0.1) is 17.7 Å². The highest BCUT2D eigenvalue weighted by molar-refractivity contribution is 5.76. The quantitative estimate of drug-likeness (QED) is 0.221. The molecule has 1 aliphatic rings. The van der Waals surface area contributed by atoms with Crippen molar-refractivity contribution in [2.45, 2.75) is 112 Å². The molecule has 0 aliphatic heterocycles. The molecule has 0 heterocycles. The minimum atomic E-state index is -0.0950. The van der Waals surface area contributed by atoms with Crippen LogP contribution in [-0.2, 0) is 19.3 Å². The fraction of sp³-hybridized carbons (Fsp3) is 0.526. The lowest BCUT2D eigenvalue weighted by Crippen LogP contribution is -2.11. The van der Waals surface area contributed by atoms with E-state index in [2.05, 4.69) is 77.9 Å². The summed E-state index contributed by atoms with van der Waals surface area (Å²) in [7, 11) is 0. The van der Waals surface area contributed by atoms with Gasteiger partial charge in [-0.2, -0.15) is 0 Å². The summed E-state index contributed by atoms with van der Waals surface area (Å²) in [6, 6.07) is 17.1. The van der Waals surface area contributed by atoms with Crippen LogP contribution in [0.25, 0.3) is 22.3 Å². The average Bonchev–Trinajstić information content (AvgIpc) is 2.99. The summed E-state index contributed by atoms with van der Waals surface area (Å²) in [5.74, 6) is 3.03. The Balaban J connectivity index is 1.60.